The van der Waals surface area contributed by atoms with Crippen molar-refractivity contribution in [3.8, 4) is 0 Å². The Morgan fingerprint density at radius 2 is 2.21 bits per heavy atom. The molecule has 1 aliphatic carbocycles. The molecule has 1 aliphatic rings. The van der Waals surface area contributed by atoms with Gasteiger partial charge in [0, 0.05) is 24.2 Å². The highest BCUT2D eigenvalue weighted by atomic mass is 19.4. The molecule has 1 heterocycles. The van der Waals surface area contributed by atoms with Crippen molar-refractivity contribution in [1.29, 1.82) is 0 Å². The third kappa shape index (κ3) is 2.58. The van der Waals surface area contributed by atoms with Gasteiger partial charge in [-0.3, -0.25) is 14.7 Å². The first kappa shape index (κ1) is 13.9. The van der Waals surface area contributed by atoms with E-state index < -0.39 is 17.8 Å². The number of amides is 1. The fourth-order valence-corrected chi connectivity index (χ4v) is 2.29. The van der Waals surface area contributed by atoms with Crippen LogP contribution >= 0.6 is 0 Å². The number of nitrogens with one attached hydrogen (secondary N) is 1. The molecule has 0 bridgehead atoms. The van der Waals surface area contributed by atoms with Gasteiger partial charge in [-0.05, 0) is 19.3 Å². The number of carbonyl (C=O) groups is 1. The van der Waals surface area contributed by atoms with Gasteiger partial charge in [0.1, 0.15) is 0 Å². The monoisotopic (exact) mass is 277 g/mol. The number of rotatable bonds is 2. The Labute approximate surface area is 107 Å². The highest BCUT2D eigenvalue weighted by molar-refractivity contribution is 5.78. The Kier molecular flexibility index (Phi) is 3.53. The average molecular weight is 277 g/mol. The number of nitrogens with zero attached hydrogens (tertiary/aromatic N) is 2. The lowest BCUT2D eigenvalue weighted by Crippen LogP contribution is -2.35. The molecule has 106 valence electrons. The van der Waals surface area contributed by atoms with Crippen LogP contribution in [0.25, 0.3) is 0 Å². The number of H-pyrrole nitrogens is 1. The van der Waals surface area contributed by atoms with Crippen molar-refractivity contribution in [3.63, 3.8) is 0 Å². The molecular formula is C11H14F3N3O2. The van der Waals surface area contributed by atoms with Gasteiger partial charge in [0.15, 0.2) is 5.69 Å². The molecular weight excluding hydrogens is 263 g/mol. The predicted octanol–water partition coefficient (Wildman–Crippen LogP) is 1.55. The topological polar surface area (TPSA) is 58.2 Å². The van der Waals surface area contributed by atoms with E-state index in [1.165, 1.54) is 14.2 Å². The van der Waals surface area contributed by atoms with Gasteiger partial charge in [0.25, 0.3) is 0 Å². The van der Waals surface area contributed by atoms with Gasteiger partial charge in [-0.15, -0.1) is 0 Å². The molecule has 1 amide bonds. The minimum absolute atomic E-state index is 0.0349. The SMILES string of the molecule is CON(C)C(=O)C1CCc2[nH]nc(C(F)(F)F)c2C1. The van der Waals surface area contributed by atoms with Gasteiger partial charge < -0.3 is 0 Å². The summed E-state index contributed by atoms with van der Waals surface area (Å²) in [7, 11) is 2.78. The molecule has 2 rings (SSSR count). The van der Waals surface area contributed by atoms with Crippen molar-refractivity contribution in [2.24, 2.45) is 5.92 Å². The summed E-state index contributed by atoms with van der Waals surface area (Å²) in [5.41, 5.74) is -0.349. The van der Waals surface area contributed by atoms with E-state index in [2.05, 4.69) is 10.2 Å². The quantitative estimate of drug-likeness (QED) is 0.834. The first-order valence-corrected chi connectivity index (χ1v) is 5.79. The van der Waals surface area contributed by atoms with E-state index in [1.807, 2.05) is 0 Å². The van der Waals surface area contributed by atoms with Crippen LogP contribution in [0.2, 0.25) is 0 Å². The number of hydroxylamine groups is 2. The van der Waals surface area contributed by atoms with Gasteiger partial charge in [0.05, 0.1) is 7.11 Å². The van der Waals surface area contributed by atoms with E-state index in [4.69, 9.17) is 4.84 Å². The van der Waals surface area contributed by atoms with Crippen molar-refractivity contribution < 1.29 is 22.8 Å². The van der Waals surface area contributed by atoms with Gasteiger partial charge in [-0.1, -0.05) is 0 Å². The zero-order valence-corrected chi connectivity index (χ0v) is 10.5. The summed E-state index contributed by atoms with van der Waals surface area (Å²) < 4.78 is 38.3. The Morgan fingerprint density at radius 1 is 1.53 bits per heavy atom. The normalized spacial score (nSPS) is 19.1. The number of alkyl halides is 3. The fourth-order valence-electron chi connectivity index (χ4n) is 2.29. The van der Waals surface area contributed by atoms with Crippen LogP contribution in [0.1, 0.15) is 23.4 Å². The number of hydrogen-bond acceptors (Lipinski definition) is 3. The third-order valence-corrected chi connectivity index (χ3v) is 3.35. The second kappa shape index (κ2) is 4.84. The third-order valence-electron chi connectivity index (χ3n) is 3.35. The van der Waals surface area contributed by atoms with Gasteiger partial charge in [-0.2, -0.15) is 18.3 Å². The van der Waals surface area contributed by atoms with E-state index in [1.54, 1.807) is 0 Å². The number of aromatic nitrogens is 2. The van der Waals surface area contributed by atoms with E-state index in [0.29, 0.717) is 18.5 Å². The molecule has 5 nitrogen and oxygen atoms in total. The number of aryl methyl sites for hydroxylation is 1. The minimum Gasteiger partial charge on any atom is -0.282 e. The molecule has 1 aromatic rings. The maximum Gasteiger partial charge on any atom is 0.435 e. The van der Waals surface area contributed by atoms with E-state index >= 15 is 0 Å². The van der Waals surface area contributed by atoms with Crippen molar-refractivity contribution in [2.45, 2.75) is 25.4 Å². The maximum absolute atomic E-state index is 12.8. The summed E-state index contributed by atoms with van der Waals surface area (Å²) in [5, 5.41) is 6.78. The van der Waals surface area contributed by atoms with Crippen LogP contribution in [0.4, 0.5) is 13.2 Å². The Bertz CT molecular complexity index is 484. The summed E-state index contributed by atoms with van der Waals surface area (Å²) in [4.78, 5) is 16.7. The standard InChI is InChI=1S/C11H14F3N3O2/c1-17(19-2)10(18)6-3-4-8-7(5-6)9(16-15-8)11(12,13)14/h6H,3-5H2,1-2H3,(H,15,16). The van der Waals surface area contributed by atoms with Crippen molar-refractivity contribution in [1.82, 2.24) is 15.3 Å². The van der Waals surface area contributed by atoms with E-state index in [0.717, 1.165) is 5.06 Å². The lowest BCUT2D eigenvalue weighted by Gasteiger charge is -2.25. The summed E-state index contributed by atoms with van der Waals surface area (Å²) in [6.07, 6.45) is -3.60. The van der Waals surface area contributed by atoms with Gasteiger partial charge >= 0.3 is 6.18 Å². The molecule has 1 aromatic heterocycles. The van der Waals surface area contributed by atoms with Crippen molar-refractivity contribution in [2.75, 3.05) is 14.2 Å². The van der Waals surface area contributed by atoms with Crippen LogP contribution in [0.3, 0.4) is 0 Å². The Hall–Kier alpha value is -1.57. The molecule has 0 spiro atoms. The van der Waals surface area contributed by atoms with Crippen LogP contribution in [-0.4, -0.2) is 35.3 Å². The zero-order chi connectivity index (χ0) is 14.2. The molecule has 0 fully saturated rings. The van der Waals surface area contributed by atoms with Crippen LogP contribution in [0.15, 0.2) is 0 Å². The number of hydrogen-bond donors (Lipinski definition) is 1. The van der Waals surface area contributed by atoms with Gasteiger partial charge in [-0.25, -0.2) is 5.06 Å². The number of aromatic amines is 1. The largest absolute Gasteiger partial charge is 0.435 e. The number of halogens is 3. The van der Waals surface area contributed by atoms with Gasteiger partial charge in [0.2, 0.25) is 5.91 Å². The van der Waals surface area contributed by atoms with Crippen LogP contribution in [0.5, 0.6) is 0 Å². The predicted molar refractivity (Wildman–Crippen MR) is 58.9 cm³/mol. The van der Waals surface area contributed by atoms with Crippen LogP contribution in [-0.2, 0) is 28.7 Å². The van der Waals surface area contributed by atoms with Crippen LogP contribution < -0.4 is 0 Å². The highest BCUT2D eigenvalue weighted by Gasteiger charge is 2.40. The lowest BCUT2D eigenvalue weighted by molar-refractivity contribution is -0.174. The van der Waals surface area contributed by atoms with Crippen molar-refractivity contribution in [3.05, 3.63) is 17.0 Å². The molecule has 1 atom stereocenters. The number of carbonyl (C=O) groups excluding carboxylic acids is 1. The average Bonchev–Trinajstić information content (AvgIpc) is 2.79. The number of fused-ring (bicyclic) bond motifs is 1. The molecule has 0 saturated heterocycles. The van der Waals surface area contributed by atoms with Crippen molar-refractivity contribution >= 4 is 5.91 Å². The Morgan fingerprint density at radius 3 is 2.79 bits per heavy atom. The van der Waals surface area contributed by atoms with E-state index in [-0.39, 0.29) is 17.9 Å². The first-order chi connectivity index (χ1) is 8.84. The summed E-state index contributed by atoms with van der Waals surface area (Å²) >= 11 is 0. The second-order valence-electron chi connectivity index (χ2n) is 4.49. The highest BCUT2D eigenvalue weighted by Crippen LogP contribution is 2.36. The molecule has 0 saturated carbocycles. The summed E-state index contributed by atoms with van der Waals surface area (Å²) in [5.74, 6) is -0.821. The molecule has 0 aliphatic heterocycles. The van der Waals surface area contributed by atoms with E-state index in [9.17, 15) is 18.0 Å². The summed E-state index contributed by atoms with van der Waals surface area (Å²) in [6, 6.07) is 0. The molecule has 1 N–H and O–H groups in total. The van der Waals surface area contributed by atoms with Crippen LogP contribution in [0, 0.1) is 5.92 Å². The fraction of sp³-hybridized carbons (Fsp3) is 0.636. The first-order valence-electron chi connectivity index (χ1n) is 5.79. The molecule has 0 aromatic carbocycles. The minimum atomic E-state index is -4.50. The zero-order valence-electron chi connectivity index (χ0n) is 10.5. The molecule has 1 unspecified atom stereocenters. The lowest BCUT2D eigenvalue weighted by atomic mass is 9.85. The summed E-state index contributed by atoms with van der Waals surface area (Å²) in [6.45, 7) is 0. The molecule has 19 heavy (non-hydrogen) atoms. The molecule has 0 radical (unpaired) electrons. The maximum atomic E-state index is 12.8. The molecule has 8 heteroatoms. The second-order valence-corrected chi connectivity index (χ2v) is 4.49. The smallest absolute Gasteiger partial charge is 0.282 e. The Balaban J connectivity index is 2.23.